The predicted octanol–water partition coefficient (Wildman–Crippen LogP) is 4.55. The minimum atomic E-state index is -0.00544. The van der Waals surface area contributed by atoms with Crippen molar-refractivity contribution in [3.8, 4) is 0 Å². The maximum atomic E-state index is 13.0. The number of aryl methyl sites for hydroxylation is 1. The Balaban J connectivity index is 1.60. The van der Waals surface area contributed by atoms with Crippen LogP contribution in [0.15, 0.2) is 12.2 Å². The van der Waals surface area contributed by atoms with E-state index in [-0.39, 0.29) is 17.7 Å². The van der Waals surface area contributed by atoms with E-state index in [1.807, 2.05) is 0 Å². The lowest BCUT2D eigenvalue weighted by Gasteiger charge is -2.28. The van der Waals surface area contributed by atoms with Crippen molar-refractivity contribution in [3.63, 3.8) is 0 Å². The molecule has 3 aliphatic rings. The Kier molecular flexibility index (Phi) is 5.15. The van der Waals surface area contributed by atoms with E-state index in [0.29, 0.717) is 17.8 Å². The van der Waals surface area contributed by atoms with Crippen LogP contribution < -0.4 is 10.6 Å². The van der Waals surface area contributed by atoms with Crippen molar-refractivity contribution in [3.05, 3.63) is 28.2 Å². The average molecular weight is 387 g/mol. The Hall–Kier alpha value is -1.62. The molecule has 0 spiro atoms. The monoisotopic (exact) mass is 386 g/mol. The van der Waals surface area contributed by atoms with Gasteiger partial charge in [-0.25, -0.2) is 0 Å². The molecule has 1 aromatic rings. The lowest BCUT2D eigenvalue weighted by Crippen LogP contribution is -2.29. The molecule has 2 unspecified atom stereocenters. The zero-order valence-electron chi connectivity index (χ0n) is 16.4. The number of thiophene rings is 1. The fraction of sp³-hybridized carbons (Fsp3) is 0.636. The highest BCUT2D eigenvalue weighted by atomic mass is 32.1. The van der Waals surface area contributed by atoms with Crippen molar-refractivity contribution in [2.45, 2.75) is 58.8 Å². The summed E-state index contributed by atoms with van der Waals surface area (Å²) in [4.78, 5) is 26.7. The van der Waals surface area contributed by atoms with Gasteiger partial charge < -0.3 is 10.6 Å². The highest BCUT2D eigenvalue weighted by Crippen LogP contribution is 2.43. The molecule has 0 aromatic carbocycles. The van der Waals surface area contributed by atoms with Crippen molar-refractivity contribution in [1.82, 2.24) is 5.32 Å². The van der Waals surface area contributed by atoms with Gasteiger partial charge in [0.25, 0.3) is 5.91 Å². The first-order valence-electron chi connectivity index (χ1n) is 10.3. The van der Waals surface area contributed by atoms with Crippen LogP contribution in [0, 0.1) is 23.7 Å². The smallest absolute Gasteiger partial charge is 0.254 e. The molecule has 5 heteroatoms. The summed E-state index contributed by atoms with van der Waals surface area (Å²) in [6.45, 7) is 9.23. The SMILES string of the molecule is C=C(C)C(C)C1CCc2sc(NC(=O)C3CC3)c(C(=O)NCC3CC3)c2C1. The molecule has 4 rings (SSSR count). The molecule has 2 amide bonds. The first-order valence-corrected chi connectivity index (χ1v) is 11.1. The molecule has 146 valence electrons. The van der Waals surface area contributed by atoms with Crippen molar-refractivity contribution >= 4 is 28.2 Å². The molecule has 3 aliphatic carbocycles. The highest BCUT2D eigenvalue weighted by Gasteiger charge is 2.35. The molecule has 4 nitrogen and oxygen atoms in total. The normalized spacial score (nSPS) is 22.7. The number of allylic oxidation sites excluding steroid dienone is 1. The van der Waals surface area contributed by atoms with Crippen LogP contribution in [0.4, 0.5) is 5.00 Å². The Morgan fingerprint density at radius 3 is 2.59 bits per heavy atom. The molecule has 0 bridgehead atoms. The van der Waals surface area contributed by atoms with E-state index < -0.39 is 0 Å². The van der Waals surface area contributed by atoms with E-state index in [1.165, 1.54) is 28.9 Å². The van der Waals surface area contributed by atoms with E-state index in [1.54, 1.807) is 11.3 Å². The summed E-state index contributed by atoms with van der Waals surface area (Å²) in [5.41, 5.74) is 3.12. The third-order valence-corrected chi connectivity index (χ3v) is 7.65. The van der Waals surface area contributed by atoms with Crippen molar-refractivity contribution in [2.75, 3.05) is 11.9 Å². The van der Waals surface area contributed by atoms with Gasteiger partial charge in [0.1, 0.15) is 5.00 Å². The van der Waals surface area contributed by atoms with E-state index >= 15 is 0 Å². The largest absolute Gasteiger partial charge is 0.352 e. The van der Waals surface area contributed by atoms with Crippen LogP contribution in [0.5, 0.6) is 0 Å². The van der Waals surface area contributed by atoms with Gasteiger partial charge in [-0.3, -0.25) is 9.59 Å². The van der Waals surface area contributed by atoms with Crippen LogP contribution in [0.2, 0.25) is 0 Å². The van der Waals surface area contributed by atoms with Gasteiger partial charge in [0.05, 0.1) is 5.56 Å². The fourth-order valence-electron chi connectivity index (χ4n) is 3.98. The summed E-state index contributed by atoms with van der Waals surface area (Å²) in [6, 6.07) is 0. The summed E-state index contributed by atoms with van der Waals surface area (Å²) in [6.07, 6.45) is 7.39. The molecule has 0 radical (unpaired) electrons. The van der Waals surface area contributed by atoms with Crippen LogP contribution in [-0.2, 0) is 17.6 Å². The third kappa shape index (κ3) is 4.13. The number of fused-ring (bicyclic) bond motifs is 1. The van der Waals surface area contributed by atoms with Crippen LogP contribution in [0.3, 0.4) is 0 Å². The molecule has 0 saturated heterocycles. The van der Waals surface area contributed by atoms with Gasteiger partial charge in [-0.15, -0.1) is 11.3 Å². The maximum Gasteiger partial charge on any atom is 0.254 e. The first-order chi connectivity index (χ1) is 12.9. The Labute approximate surface area is 165 Å². The molecular formula is C22H30N2O2S. The molecule has 0 aliphatic heterocycles. The highest BCUT2D eigenvalue weighted by molar-refractivity contribution is 7.17. The molecule has 2 saturated carbocycles. The van der Waals surface area contributed by atoms with Gasteiger partial charge in [0.15, 0.2) is 0 Å². The van der Waals surface area contributed by atoms with E-state index in [9.17, 15) is 9.59 Å². The molecule has 27 heavy (non-hydrogen) atoms. The second kappa shape index (κ2) is 7.42. The lowest BCUT2D eigenvalue weighted by molar-refractivity contribution is -0.117. The Morgan fingerprint density at radius 1 is 1.22 bits per heavy atom. The lowest BCUT2D eigenvalue weighted by atomic mass is 9.77. The summed E-state index contributed by atoms with van der Waals surface area (Å²) >= 11 is 1.62. The standard InChI is InChI=1S/C22H30N2O2S/c1-12(2)13(3)16-8-9-18-17(10-16)19(21(26)23-11-14-4-5-14)22(27-18)24-20(25)15-6-7-15/h13-16H,1,4-11H2,2-3H3,(H,23,26)(H,24,25). The van der Waals surface area contributed by atoms with Crippen LogP contribution >= 0.6 is 11.3 Å². The number of rotatable bonds is 7. The number of carbonyl (C=O) groups excluding carboxylic acids is 2. The molecule has 2 fully saturated rings. The quantitative estimate of drug-likeness (QED) is 0.675. The fourth-order valence-corrected chi connectivity index (χ4v) is 5.22. The first kappa shape index (κ1) is 18.7. The Bertz CT molecular complexity index is 774. The zero-order valence-corrected chi connectivity index (χ0v) is 17.2. The van der Waals surface area contributed by atoms with Crippen LogP contribution in [0.25, 0.3) is 0 Å². The van der Waals surface area contributed by atoms with Crippen molar-refractivity contribution in [2.24, 2.45) is 23.7 Å². The number of carbonyl (C=O) groups is 2. The third-order valence-electron chi connectivity index (χ3n) is 6.44. The van der Waals surface area contributed by atoms with Crippen molar-refractivity contribution in [1.29, 1.82) is 0 Å². The summed E-state index contributed by atoms with van der Waals surface area (Å²) in [5, 5.41) is 6.98. The number of hydrogen-bond donors (Lipinski definition) is 2. The number of amides is 2. The second-order valence-corrected chi connectivity index (χ2v) is 9.87. The zero-order chi connectivity index (χ0) is 19.1. The average Bonchev–Trinajstić information content (AvgIpc) is 3.54. The molecule has 2 N–H and O–H groups in total. The number of hydrogen-bond acceptors (Lipinski definition) is 3. The number of anilines is 1. The van der Waals surface area contributed by atoms with Gasteiger partial charge in [-0.1, -0.05) is 19.1 Å². The predicted molar refractivity (Wildman–Crippen MR) is 110 cm³/mol. The topological polar surface area (TPSA) is 58.2 Å². The van der Waals surface area contributed by atoms with E-state index in [4.69, 9.17) is 0 Å². The molecule has 1 heterocycles. The van der Waals surface area contributed by atoms with Gasteiger partial charge in [-0.2, -0.15) is 0 Å². The Morgan fingerprint density at radius 2 is 1.96 bits per heavy atom. The van der Waals surface area contributed by atoms with Crippen LogP contribution in [-0.4, -0.2) is 18.4 Å². The van der Waals surface area contributed by atoms with Gasteiger partial charge in [0, 0.05) is 17.3 Å². The summed E-state index contributed by atoms with van der Waals surface area (Å²) in [5.74, 6) is 1.83. The van der Waals surface area contributed by atoms with E-state index in [2.05, 4.69) is 31.1 Å². The van der Waals surface area contributed by atoms with Gasteiger partial charge >= 0.3 is 0 Å². The van der Waals surface area contributed by atoms with Crippen LogP contribution in [0.1, 0.15) is 66.8 Å². The maximum absolute atomic E-state index is 13.0. The second-order valence-electron chi connectivity index (χ2n) is 8.76. The number of nitrogens with one attached hydrogen (secondary N) is 2. The van der Waals surface area contributed by atoms with Crippen molar-refractivity contribution < 1.29 is 9.59 Å². The minimum absolute atomic E-state index is 0.00544. The van der Waals surface area contributed by atoms with Gasteiger partial charge in [-0.05, 0) is 75.2 Å². The minimum Gasteiger partial charge on any atom is -0.352 e. The van der Waals surface area contributed by atoms with Gasteiger partial charge in [0.2, 0.25) is 5.91 Å². The van der Waals surface area contributed by atoms with E-state index in [0.717, 1.165) is 49.2 Å². The molecular weight excluding hydrogens is 356 g/mol. The summed E-state index contributed by atoms with van der Waals surface area (Å²) in [7, 11) is 0. The summed E-state index contributed by atoms with van der Waals surface area (Å²) < 4.78 is 0. The molecule has 2 atom stereocenters. The molecule has 1 aromatic heterocycles.